The van der Waals surface area contributed by atoms with Gasteiger partial charge in [0.05, 0.1) is 17.5 Å². The first-order valence-corrected chi connectivity index (χ1v) is 6.63. The van der Waals surface area contributed by atoms with Crippen molar-refractivity contribution in [3.05, 3.63) is 0 Å². The number of primary sulfonamides is 1. The molecule has 15 heavy (non-hydrogen) atoms. The van der Waals surface area contributed by atoms with Crippen LogP contribution in [0.3, 0.4) is 0 Å². The molecule has 0 radical (unpaired) electrons. The van der Waals surface area contributed by atoms with Gasteiger partial charge in [0, 0.05) is 0 Å². The quantitative estimate of drug-likeness (QED) is 0.765. The van der Waals surface area contributed by atoms with Crippen molar-refractivity contribution < 1.29 is 17.9 Å². The summed E-state index contributed by atoms with van der Waals surface area (Å²) in [5.41, 5.74) is 0. The molecule has 1 heterocycles. The molecule has 0 bridgehead atoms. The van der Waals surface area contributed by atoms with Crippen LogP contribution in [-0.4, -0.2) is 31.7 Å². The topological polar surface area (TPSA) is 78.6 Å². The van der Waals surface area contributed by atoms with E-state index in [4.69, 9.17) is 14.6 Å². The van der Waals surface area contributed by atoms with Crippen molar-refractivity contribution in [3.63, 3.8) is 0 Å². The van der Waals surface area contributed by atoms with E-state index in [1.165, 1.54) is 0 Å². The zero-order valence-electron chi connectivity index (χ0n) is 9.02. The number of ether oxygens (including phenoxy) is 2. The second kappa shape index (κ2) is 3.16. The number of nitrogens with two attached hydrogens (primary N) is 1. The molecule has 6 heteroatoms. The first-order valence-electron chi connectivity index (χ1n) is 5.08. The van der Waals surface area contributed by atoms with Crippen LogP contribution in [0.5, 0.6) is 0 Å². The summed E-state index contributed by atoms with van der Waals surface area (Å²) >= 11 is 0. The normalized spacial score (nSPS) is 32.9. The molecule has 1 saturated heterocycles. The van der Waals surface area contributed by atoms with Crippen molar-refractivity contribution >= 4 is 10.0 Å². The lowest BCUT2D eigenvalue weighted by molar-refractivity contribution is -0.139. The van der Waals surface area contributed by atoms with Crippen LogP contribution < -0.4 is 5.14 Å². The van der Waals surface area contributed by atoms with Gasteiger partial charge in [0.15, 0.2) is 5.79 Å². The number of hydrogen-bond donors (Lipinski definition) is 1. The highest BCUT2D eigenvalue weighted by molar-refractivity contribution is 7.90. The third-order valence-corrected chi connectivity index (χ3v) is 4.86. The van der Waals surface area contributed by atoms with E-state index in [-0.39, 0.29) is 6.10 Å². The Morgan fingerprint density at radius 1 is 1.40 bits per heavy atom. The van der Waals surface area contributed by atoms with Crippen molar-refractivity contribution in [1.82, 2.24) is 0 Å². The standard InChI is InChI=1S/C9H17NO4S/c1-8(2)13-6-7(14-8)5-9(3-4-9)15(10,11)12/h7H,3-6H2,1-2H3,(H2,10,11,12). The lowest BCUT2D eigenvalue weighted by Crippen LogP contribution is -2.35. The minimum Gasteiger partial charge on any atom is -0.348 e. The van der Waals surface area contributed by atoms with E-state index in [0.29, 0.717) is 25.9 Å². The molecule has 1 aliphatic heterocycles. The Hall–Kier alpha value is -0.170. The molecule has 2 N–H and O–H groups in total. The van der Waals surface area contributed by atoms with E-state index in [1.54, 1.807) is 0 Å². The number of hydrogen-bond acceptors (Lipinski definition) is 4. The molecule has 5 nitrogen and oxygen atoms in total. The maximum absolute atomic E-state index is 11.3. The molecule has 2 aliphatic rings. The van der Waals surface area contributed by atoms with Crippen molar-refractivity contribution in [1.29, 1.82) is 0 Å². The van der Waals surface area contributed by atoms with Gasteiger partial charge in [-0.2, -0.15) is 0 Å². The summed E-state index contributed by atoms with van der Waals surface area (Å²) in [4.78, 5) is 0. The zero-order valence-corrected chi connectivity index (χ0v) is 9.84. The molecule has 1 unspecified atom stereocenters. The van der Waals surface area contributed by atoms with Crippen LogP contribution >= 0.6 is 0 Å². The highest BCUT2D eigenvalue weighted by Gasteiger charge is 2.55. The van der Waals surface area contributed by atoms with Gasteiger partial charge >= 0.3 is 0 Å². The van der Waals surface area contributed by atoms with Crippen molar-refractivity contribution in [3.8, 4) is 0 Å². The molecular weight excluding hydrogens is 218 g/mol. The molecule has 0 aromatic rings. The predicted octanol–water partition coefficient (Wildman–Crippen LogP) is 0.349. The lowest BCUT2D eigenvalue weighted by atomic mass is 10.2. The SMILES string of the molecule is CC1(C)OCC(CC2(S(N)(=O)=O)CC2)O1. The molecule has 1 aliphatic carbocycles. The molecule has 2 rings (SSSR count). The second-order valence-corrected chi connectivity index (χ2v) is 6.84. The summed E-state index contributed by atoms with van der Waals surface area (Å²) in [6.45, 7) is 4.09. The summed E-state index contributed by atoms with van der Waals surface area (Å²) < 4.78 is 32.9. The molecular formula is C9H17NO4S. The van der Waals surface area contributed by atoms with Crippen molar-refractivity contribution in [2.75, 3.05) is 6.61 Å². The van der Waals surface area contributed by atoms with E-state index in [2.05, 4.69) is 0 Å². The lowest BCUT2D eigenvalue weighted by Gasteiger charge is -2.19. The fourth-order valence-electron chi connectivity index (χ4n) is 2.02. The maximum atomic E-state index is 11.3. The van der Waals surface area contributed by atoms with Gasteiger partial charge in [-0.05, 0) is 33.1 Å². The third-order valence-electron chi connectivity index (χ3n) is 3.08. The Kier molecular flexibility index (Phi) is 2.39. The Morgan fingerprint density at radius 3 is 2.33 bits per heavy atom. The van der Waals surface area contributed by atoms with E-state index in [1.807, 2.05) is 13.8 Å². The predicted molar refractivity (Wildman–Crippen MR) is 54.6 cm³/mol. The van der Waals surface area contributed by atoms with Crippen LogP contribution in [-0.2, 0) is 19.5 Å². The van der Waals surface area contributed by atoms with Crippen LogP contribution in [0.2, 0.25) is 0 Å². The van der Waals surface area contributed by atoms with Gasteiger partial charge < -0.3 is 9.47 Å². The average Bonchev–Trinajstić information content (AvgIpc) is 2.73. The Balaban J connectivity index is 2.00. The van der Waals surface area contributed by atoms with Gasteiger partial charge in [-0.25, -0.2) is 13.6 Å². The first-order chi connectivity index (χ1) is 6.74. The van der Waals surface area contributed by atoms with Gasteiger partial charge in [-0.3, -0.25) is 0 Å². The van der Waals surface area contributed by atoms with Crippen LogP contribution in [0.4, 0.5) is 0 Å². The summed E-state index contributed by atoms with van der Waals surface area (Å²) in [7, 11) is -3.45. The highest BCUT2D eigenvalue weighted by Crippen LogP contribution is 2.47. The minimum absolute atomic E-state index is 0.152. The van der Waals surface area contributed by atoms with E-state index < -0.39 is 20.6 Å². The van der Waals surface area contributed by atoms with Crippen LogP contribution in [0.15, 0.2) is 0 Å². The van der Waals surface area contributed by atoms with Crippen LogP contribution in [0.1, 0.15) is 33.1 Å². The van der Waals surface area contributed by atoms with Crippen molar-refractivity contribution in [2.45, 2.75) is 49.7 Å². The Bertz CT molecular complexity index is 358. The smallest absolute Gasteiger partial charge is 0.214 e. The molecule has 0 amide bonds. The van der Waals surface area contributed by atoms with E-state index in [0.717, 1.165) is 0 Å². The van der Waals surface area contributed by atoms with E-state index >= 15 is 0 Å². The Labute approximate surface area is 90.0 Å². The fourth-order valence-corrected chi connectivity index (χ4v) is 3.11. The fraction of sp³-hybridized carbons (Fsp3) is 1.00. The van der Waals surface area contributed by atoms with Gasteiger partial charge in [0.1, 0.15) is 0 Å². The zero-order chi connectivity index (χ0) is 11.3. The average molecular weight is 235 g/mol. The van der Waals surface area contributed by atoms with Crippen molar-refractivity contribution in [2.24, 2.45) is 5.14 Å². The third kappa shape index (κ3) is 2.18. The Morgan fingerprint density at radius 2 is 2.00 bits per heavy atom. The first kappa shape index (κ1) is 11.3. The van der Waals surface area contributed by atoms with Gasteiger partial charge in [-0.1, -0.05) is 0 Å². The largest absolute Gasteiger partial charge is 0.348 e. The molecule has 88 valence electrons. The van der Waals surface area contributed by atoms with Gasteiger partial charge in [0.2, 0.25) is 10.0 Å². The van der Waals surface area contributed by atoms with Gasteiger partial charge in [-0.15, -0.1) is 0 Å². The summed E-state index contributed by atoms with van der Waals surface area (Å²) in [5.74, 6) is -0.598. The summed E-state index contributed by atoms with van der Waals surface area (Å²) in [6, 6.07) is 0. The monoisotopic (exact) mass is 235 g/mol. The maximum Gasteiger partial charge on any atom is 0.214 e. The molecule has 0 aromatic heterocycles. The van der Waals surface area contributed by atoms with Crippen LogP contribution in [0, 0.1) is 0 Å². The molecule has 1 atom stereocenters. The number of sulfonamides is 1. The highest BCUT2D eigenvalue weighted by atomic mass is 32.2. The van der Waals surface area contributed by atoms with Crippen LogP contribution in [0.25, 0.3) is 0 Å². The molecule has 1 saturated carbocycles. The summed E-state index contributed by atoms with van der Waals surface area (Å²) in [6.07, 6.45) is 1.59. The van der Waals surface area contributed by atoms with E-state index in [9.17, 15) is 8.42 Å². The minimum atomic E-state index is -3.45. The summed E-state index contributed by atoms with van der Waals surface area (Å²) in [5, 5.41) is 5.20. The second-order valence-electron chi connectivity index (χ2n) is 4.88. The number of rotatable bonds is 3. The molecule has 0 aromatic carbocycles. The van der Waals surface area contributed by atoms with Gasteiger partial charge in [0.25, 0.3) is 0 Å². The molecule has 0 spiro atoms. The molecule has 2 fully saturated rings.